The van der Waals surface area contributed by atoms with E-state index in [4.69, 9.17) is 0 Å². The second-order valence-electron chi connectivity index (χ2n) is 3.95. The van der Waals surface area contributed by atoms with Crippen LogP contribution in [0.4, 0.5) is 0 Å². The van der Waals surface area contributed by atoms with Gasteiger partial charge in [0.15, 0.2) is 0 Å². The molecule has 0 saturated carbocycles. The standard InChI is InChI=1S/C11H21N3/c1-4-5-13-10(2)8-11(3)14-7-6-12-9-14/h6-7,9-11,13H,4-5,8H2,1-3H3. The molecule has 1 heterocycles. The van der Waals surface area contributed by atoms with Crippen molar-refractivity contribution < 1.29 is 0 Å². The SMILES string of the molecule is CCCNC(C)CC(C)n1ccnc1. The predicted molar refractivity (Wildman–Crippen MR) is 59.3 cm³/mol. The highest BCUT2D eigenvalue weighted by Crippen LogP contribution is 2.11. The molecule has 1 rings (SSSR count). The fourth-order valence-electron chi connectivity index (χ4n) is 1.64. The minimum atomic E-state index is 0.525. The van der Waals surface area contributed by atoms with Crippen molar-refractivity contribution in [3.05, 3.63) is 18.7 Å². The van der Waals surface area contributed by atoms with Crippen LogP contribution in [0.15, 0.2) is 18.7 Å². The van der Waals surface area contributed by atoms with Gasteiger partial charge in [0.25, 0.3) is 0 Å². The van der Waals surface area contributed by atoms with Crippen molar-refractivity contribution >= 4 is 0 Å². The summed E-state index contributed by atoms with van der Waals surface area (Å²) in [5.41, 5.74) is 0. The molecule has 3 heteroatoms. The molecule has 80 valence electrons. The molecule has 0 aliphatic heterocycles. The number of imidazole rings is 1. The van der Waals surface area contributed by atoms with Gasteiger partial charge in [0.05, 0.1) is 6.33 Å². The summed E-state index contributed by atoms with van der Waals surface area (Å²) in [7, 11) is 0. The molecular weight excluding hydrogens is 174 g/mol. The van der Waals surface area contributed by atoms with Gasteiger partial charge in [-0.2, -0.15) is 0 Å². The van der Waals surface area contributed by atoms with Crippen LogP contribution >= 0.6 is 0 Å². The van der Waals surface area contributed by atoms with Gasteiger partial charge in [-0.05, 0) is 33.2 Å². The first-order valence-corrected chi connectivity index (χ1v) is 5.44. The molecule has 0 bridgehead atoms. The Balaban J connectivity index is 2.29. The maximum Gasteiger partial charge on any atom is 0.0948 e. The summed E-state index contributed by atoms with van der Waals surface area (Å²) in [6, 6.07) is 1.10. The van der Waals surface area contributed by atoms with E-state index in [1.807, 2.05) is 18.7 Å². The molecule has 0 aliphatic rings. The van der Waals surface area contributed by atoms with E-state index in [1.165, 1.54) is 6.42 Å². The Morgan fingerprint density at radius 3 is 2.79 bits per heavy atom. The molecule has 2 unspecified atom stereocenters. The highest BCUT2D eigenvalue weighted by molar-refractivity contribution is 4.80. The van der Waals surface area contributed by atoms with Crippen molar-refractivity contribution in [3.63, 3.8) is 0 Å². The van der Waals surface area contributed by atoms with Gasteiger partial charge < -0.3 is 9.88 Å². The fourth-order valence-corrected chi connectivity index (χ4v) is 1.64. The third-order valence-corrected chi connectivity index (χ3v) is 2.47. The molecule has 3 nitrogen and oxygen atoms in total. The molecule has 0 saturated heterocycles. The molecule has 1 aromatic heterocycles. The average molecular weight is 195 g/mol. The van der Waals surface area contributed by atoms with Crippen molar-refractivity contribution in [2.45, 2.75) is 45.7 Å². The van der Waals surface area contributed by atoms with Crippen LogP contribution in [0, 0.1) is 0 Å². The topological polar surface area (TPSA) is 29.9 Å². The lowest BCUT2D eigenvalue weighted by Crippen LogP contribution is -2.28. The molecule has 14 heavy (non-hydrogen) atoms. The first kappa shape index (κ1) is 11.2. The van der Waals surface area contributed by atoms with E-state index in [9.17, 15) is 0 Å². The Morgan fingerprint density at radius 1 is 1.43 bits per heavy atom. The summed E-state index contributed by atoms with van der Waals surface area (Å²) in [4.78, 5) is 4.06. The molecule has 0 amide bonds. The van der Waals surface area contributed by atoms with Crippen LogP contribution in [0.5, 0.6) is 0 Å². The zero-order valence-electron chi connectivity index (χ0n) is 9.40. The van der Waals surface area contributed by atoms with Crippen LogP contribution in [0.3, 0.4) is 0 Å². The summed E-state index contributed by atoms with van der Waals surface area (Å²) < 4.78 is 2.16. The summed E-state index contributed by atoms with van der Waals surface area (Å²) in [5, 5.41) is 3.49. The third kappa shape index (κ3) is 3.50. The fraction of sp³-hybridized carbons (Fsp3) is 0.727. The van der Waals surface area contributed by atoms with Gasteiger partial charge in [0.2, 0.25) is 0 Å². The van der Waals surface area contributed by atoms with Crippen LogP contribution in [0.2, 0.25) is 0 Å². The Bertz CT molecular complexity index is 231. The van der Waals surface area contributed by atoms with Crippen molar-refractivity contribution in [3.8, 4) is 0 Å². The minimum Gasteiger partial charge on any atom is -0.335 e. The number of hydrogen-bond donors (Lipinski definition) is 1. The first-order valence-electron chi connectivity index (χ1n) is 5.44. The molecule has 0 aromatic carbocycles. The van der Waals surface area contributed by atoms with Crippen LogP contribution in [-0.2, 0) is 0 Å². The second kappa shape index (κ2) is 5.81. The molecule has 0 aliphatic carbocycles. The van der Waals surface area contributed by atoms with E-state index in [1.54, 1.807) is 0 Å². The van der Waals surface area contributed by atoms with E-state index < -0.39 is 0 Å². The number of aromatic nitrogens is 2. The number of hydrogen-bond acceptors (Lipinski definition) is 2. The van der Waals surface area contributed by atoms with Gasteiger partial charge in [-0.25, -0.2) is 4.98 Å². The quantitative estimate of drug-likeness (QED) is 0.754. The smallest absolute Gasteiger partial charge is 0.0948 e. The van der Waals surface area contributed by atoms with Gasteiger partial charge in [0.1, 0.15) is 0 Å². The molecule has 0 spiro atoms. The lowest BCUT2D eigenvalue weighted by atomic mass is 10.1. The van der Waals surface area contributed by atoms with Crippen molar-refractivity contribution in [2.24, 2.45) is 0 Å². The second-order valence-corrected chi connectivity index (χ2v) is 3.95. The van der Waals surface area contributed by atoms with Gasteiger partial charge in [-0.1, -0.05) is 6.92 Å². The van der Waals surface area contributed by atoms with E-state index in [0.29, 0.717) is 12.1 Å². The van der Waals surface area contributed by atoms with E-state index in [2.05, 4.69) is 35.6 Å². The van der Waals surface area contributed by atoms with Crippen LogP contribution in [-0.4, -0.2) is 22.1 Å². The lowest BCUT2D eigenvalue weighted by molar-refractivity contribution is 0.413. The highest BCUT2D eigenvalue weighted by atomic mass is 15.1. The van der Waals surface area contributed by atoms with E-state index in [0.717, 1.165) is 13.0 Å². The van der Waals surface area contributed by atoms with Crippen LogP contribution in [0.1, 0.15) is 39.7 Å². The number of nitrogens with zero attached hydrogens (tertiary/aromatic N) is 2. The van der Waals surface area contributed by atoms with Crippen LogP contribution in [0.25, 0.3) is 0 Å². The average Bonchev–Trinajstić information content (AvgIpc) is 2.67. The third-order valence-electron chi connectivity index (χ3n) is 2.47. The zero-order valence-corrected chi connectivity index (χ0v) is 9.40. The molecule has 1 N–H and O–H groups in total. The Morgan fingerprint density at radius 2 is 2.21 bits per heavy atom. The predicted octanol–water partition coefficient (Wildman–Crippen LogP) is 2.22. The van der Waals surface area contributed by atoms with E-state index in [-0.39, 0.29) is 0 Å². The van der Waals surface area contributed by atoms with Crippen molar-refractivity contribution in [1.82, 2.24) is 14.9 Å². The van der Waals surface area contributed by atoms with Gasteiger partial charge in [-0.3, -0.25) is 0 Å². The molecule has 0 fully saturated rings. The summed E-state index contributed by atoms with van der Waals surface area (Å²) in [5.74, 6) is 0. The highest BCUT2D eigenvalue weighted by Gasteiger charge is 2.08. The molecule has 1 aromatic rings. The number of rotatable bonds is 6. The Hall–Kier alpha value is -0.830. The van der Waals surface area contributed by atoms with Gasteiger partial charge >= 0.3 is 0 Å². The lowest BCUT2D eigenvalue weighted by Gasteiger charge is -2.19. The maximum absolute atomic E-state index is 4.06. The maximum atomic E-state index is 4.06. The first-order chi connectivity index (χ1) is 6.74. The van der Waals surface area contributed by atoms with Gasteiger partial charge in [-0.15, -0.1) is 0 Å². The van der Waals surface area contributed by atoms with Crippen molar-refractivity contribution in [1.29, 1.82) is 0 Å². The van der Waals surface area contributed by atoms with Gasteiger partial charge in [0, 0.05) is 24.5 Å². The molecule has 0 radical (unpaired) electrons. The summed E-state index contributed by atoms with van der Waals surface area (Å²) in [6.45, 7) is 7.77. The molecule has 2 atom stereocenters. The zero-order chi connectivity index (χ0) is 10.4. The summed E-state index contributed by atoms with van der Waals surface area (Å²) >= 11 is 0. The normalized spacial score (nSPS) is 15.4. The monoisotopic (exact) mass is 195 g/mol. The van der Waals surface area contributed by atoms with E-state index >= 15 is 0 Å². The number of nitrogens with one attached hydrogen (secondary N) is 1. The van der Waals surface area contributed by atoms with Crippen molar-refractivity contribution in [2.75, 3.05) is 6.54 Å². The van der Waals surface area contributed by atoms with Crippen LogP contribution < -0.4 is 5.32 Å². The molecular formula is C11H21N3. The minimum absolute atomic E-state index is 0.525. The Kier molecular flexibility index (Phi) is 4.66. The Labute approximate surface area is 86.5 Å². The summed E-state index contributed by atoms with van der Waals surface area (Å²) in [6.07, 6.45) is 8.09. The largest absolute Gasteiger partial charge is 0.335 e.